The highest BCUT2D eigenvalue weighted by Gasteiger charge is 2.17. The first-order valence-electron chi connectivity index (χ1n) is 6.21. The van der Waals surface area contributed by atoms with E-state index in [1.165, 1.54) is 21.3 Å². The fourth-order valence-corrected chi connectivity index (χ4v) is 2.34. The Morgan fingerprint density at radius 3 is 1.81 bits per heavy atom. The zero-order chi connectivity index (χ0) is 15.4. The molecule has 0 aliphatic rings. The smallest absolute Gasteiger partial charge is 0.203 e. The topological polar surface area (TPSA) is 44.8 Å². The molecule has 0 aliphatic heterocycles. The number of ketones is 1. The summed E-state index contributed by atoms with van der Waals surface area (Å²) in [6.45, 7) is 0. The summed E-state index contributed by atoms with van der Waals surface area (Å²) < 4.78 is 16.9. The predicted octanol–water partition coefficient (Wildman–Crippen LogP) is 3.55. The van der Waals surface area contributed by atoms with E-state index in [-0.39, 0.29) is 5.78 Å². The zero-order valence-corrected chi connectivity index (χ0v) is 14.1. The Balaban J connectivity index is 2.48. The van der Waals surface area contributed by atoms with Gasteiger partial charge in [0.05, 0.1) is 21.3 Å². The third kappa shape index (κ3) is 3.29. The zero-order valence-electron chi connectivity index (χ0n) is 12.0. The van der Waals surface area contributed by atoms with Crippen molar-refractivity contribution in [3.05, 3.63) is 51.1 Å². The van der Waals surface area contributed by atoms with Gasteiger partial charge in [-0.1, -0.05) is 0 Å². The molecular formula is C16H15IO4. The summed E-state index contributed by atoms with van der Waals surface area (Å²) in [4.78, 5) is 12.5. The first-order valence-corrected chi connectivity index (χ1v) is 7.29. The van der Waals surface area contributed by atoms with E-state index >= 15 is 0 Å². The van der Waals surface area contributed by atoms with Crippen LogP contribution in [0.4, 0.5) is 0 Å². The van der Waals surface area contributed by atoms with Gasteiger partial charge in [-0.3, -0.25) is 4.79 Å². The molecule has 2 rings (SSSR count). The number of carbonyl (C=O) groups is 1. The van der Waals surface area contributed by atoms with Gasteiger partial charge in [0.15, 0.2) is 17.3 Å². The van der Waals surface area contributed by atoms with Gasteiger partial charge in [-0.15, -0.1) is 0 Å². The lowest BCUT2D eigenvalue weighted by Crippen LogP contribution is -2.04. The van der Waals surface area contributed by atoms with E-state index in [1.54, 1.807) is 24.3 Å². The van der Waals surface area contributed by atoms with Crippen LogP contribution >= 0.6 is 22.6 Å². The number of benzene rings is 2. The Morgan fingerprint density at radius 2 is 1.38 bits per heavy atom. The summed E-state index contributed by atoms with van der Waals surface area (Å²) in [5, 5.41) is 0. The summed E-state index contributed by atoms with van der Waals surface area (Å²) in [6.07, 6.45) is 0. The Kier molecular flexibility index (Phi) is 5.06. The Morgan fingerprint density at radius 1 is 0.857 bits per heavy atom. The second-order valence-corrected chi connectivity index (χ2v) is 5.50. The van der Waals surface area contributed by atoms with Crippen LogP contribution in [0.5, 0.6) is 17.2 Å². The van der Waals surface area contributed by atoms with Crippen molar-refractivity contribution < 1.29 is 19.0 Å². The second-order valence-electron chi connectivity index (χ2n) is 4.25. The predicted molar refractivity (Wildman–Crippen MR) is 88.7 cm³/mol. The molecule has 2 aromatic rings. The molecule has 21 heavy (non-hydrogen) atoms. The fraction of sp³-hybridized carbons (Fsp3) is 0.188. The number of rotatable bonds is 5. The maximum absolute atomic E-state index is 12.5. The molecule has 0 bridgehead atoms. The molecule has 0 spiro atoms. The van der Waals surface area contributed by atoms with Crippen molar-refractivity contribution in [1.82, 2.24) is 0 Å². The van der Waals surface area contributed by atoms with Crippen molar-refractivity contribution in [1.29, 1.82) is 0 Å². The Bertz CT molecular complexity index is 625. The summed E-state index contributed by atoms with van der Waals surface area (Å²) in [6, 6.07) is 10.7. The van der Waals surface area contributed by atoms with Crippen LogP contribution in [-0.4, -0.2) is 27.1 Å². The van der Waals surface area contributed by atoms with Gasteiger partial charge in [-0.05, 0) is 59.0 Å². The van der Waals surface area contributed by atoms with Crippen molar-refractivity contribution in [2.24, 2.45) is 0 Å². The number of hydrogen-bond donors (Lipinski definition) is 0. The molecule has 0 aromatic heterocycles. The van der Waals surface area contributed by atoms with Gasteiger partial charge in [0.1, 0.15) is 0 Å². The standard InChI is InChI=1S/C16H15IO4/c1-19-13-8-11(9-14(20-2)16(13)21-3)15(18)10-4-6-12(17)7-5-10/h4-9H,1-3H3. The first kappa shape index (κ1) is 15.6. The second kappa shape index (κ2) is 6.80. The van der Waals surface area contributed by atoms with E-state index in [2.05, 4.69) is 22.6 Å². The quantitative estimate of drug-likeness (QED) is 0.571. The average Bonchev–Trinajstić information content (AvgIpc) is 2.53. The van der Waals surface area contributed by atoms with E-state index in [0.29, 0.717) is 28.4 Å². The van der Waals surface area contributed by atoms with Crippen LogP contribution in [-0.2, 0) is 0 Å². The summed E-state index contributed by atoms with van der Waals surface area (Å²) in [5.41, 5.74) is 1.11. The molecule has 0 aliphatic carbocycles. The lowest BCUT2D eigenvalue weighted by molar-refractivity contribution is 0.103. The minimum Gasteiger partial charge on any atom is -0.493 e. The van der Waals surface area contributed by atoms with Crippen molar-refractivity contribution in [3.8, 4) is 17.2 Å². The molecule has 2 aromatic carbocycles. The largest absolute Gasteiger partial charge is 0.493 e. The molecule has 0 amide bonds. The van der Waals surface area contributed by atoms with Crippen molar-refractivity contribution >= 4 is 28.4 Å². The third-order valence-corrected chi connectivity index (χ3v) is 3.75. The third-order valence-electron chi connectivity index (χ3n) is 3.03. The van der Waals surface area contributed by atoms with E-state index < -0.39 is 0 Å². The molecule has 0 N–H and O–H groups in total. The summed E-state index contributed by atoms with van der Waals surface area (Å²) >= 11 is 2.20. The molecule has 0 saturated carbocycles. The van der Waals surface area contributed by atoms with Crippen molar-refractivity contribution in [2.45, 2.75) is 0 Å². The first-order chi connectivity index (χ1) is 10.1. The monoisotopic (exact) mass is 398 g/mol. The van der Waals surface area contributed by atoms with Crippen molar-refractivity contribution in [2.75, 3.05) is 21.3 Å². The van der Waals surface area contributed by atoms with Gasteiger partial charge in [0, 0.05) is 14.7 Å². The minimum absolute atomic E-state index is 0.0920. The van der Waals surface area contributed by atoms with Gasteiger partial charge in [-0.25, -0.2) is 0 Å². The van der Waals surface area contributed by atoms with Crippen LogP contribution in [0.15, 0.2) is 36.4 Å². The Labute approximate surface area is 137 Å². The highest BCUT2D eigenvalue weighted by atomic mass is 127. The maximum atomic E-state index is 12.5. The van der Waals surface area contributed by atoms with Crippen LogP contribution in [0.2, 0.25) is 0 Å². The lowest BCUT2D eigenvalue weighted by atomic mass is 10.0. The summed E-state index contributed by atoms with van der Waals surface area (Å²) in [7, 11) is 4.58. The average molecular weight is 398 g/mol. The van der Waals surface area contributed by atoms with Crippen LogP contribution in [0.3, 0.4) is 0 Å². The van der Waals surface area contributed by atoms with Crippen LogP contribution in [0.25, 0.3) is 0 Å². The molecule has 0 saturated heterocycles. The van der Waals surface area contributed by atoms with E-state index in [4.69, 9.17) is 14.2 Å². The van der Waals surface area contributed by atoms with Crippen LogP contribution in [0, 0.1) is 3.57 Å². The molecule has 4 nitrogen and oxygen atoms in total. The van der Waals surface area contributed by atoms with Gasteiger partial charge in [0.2, 0.25) is 5.75 Å². The molecule has 5 heteroatoms. The van der Waals surface area contributed by atoms with E-state index in [0.717, 1.165) is 3.57 Å². The van der Waals surface area contributed by atoms with Gasteiger partial charge in [0.25, 0.3) is 0 Å². The highest BCUT2D eigenvalue weighted by molar-refractivity contribution is 14.1. The summed E-state index contributed by atoms with van der Waals surface area (Å²) in [5.74, 6) is 1.31. The molecule has 0 fully saturated rings. The van der Waals surface area contributed by atoms with Crippen LogP contribution < -0.4 is 14.2 Å². The van der Waals surface area contributed by atoms with Gasteiger partial charge >= 0.3 is 0 Å². The number of hydrogen-bond acceptors (Lipinski definition) is 4. The SMILES string of the molecule is COc1cc(C(=O)c2ccc(I)cc2)cc(OC)c1OC. The number of halogens is 1. The van der Waals surface area contributed by atoms with Crippen LogP contribution in [0.1, 0.15) is 15.9 Å². The normalized spacial score (nSPS) is 10.1. The molecule has 0 heterocycles. The number of ether oxygens (including phenoxy) is 3. The lowest BCUT2D eigenvalue weighted by Gasteiger charge is -2.13. The Hall–Kier alpha value is -1.76. The number of carbonyl (C=O) groups excluding carboxylic acids is 1. The van der Waals surface area contributed by atoms with E-state index in [1.807, 2.05) is 12.1 Å². The molecule has 0 atom stereocenters. The molecule has 0 unspecified atom stereocenters. The number of methoxy groups -OCH3 is 3. The van der Waals surface area contributed by atoms with Crippen molar-refractivity contribution in [3.63, 3.8) is 0 Å². The molecular weight excluding hydrogens is 383 g/mol. The van der Waals surface area contributed by atoms with E-state index in [9.17, 15) is 4.79 Å². The van der Waals surface area contributed by atoms with Gasteiger partial charge in [-0.2, -0.15) is 0 Å². The maximum Gasteiger partial charge on any atom is 0.203 e. The minimum atomic E-state index is -0.0920. The van der Waals surface area contributed by atoms with Gasteiger partial charge < -0.3 is 14.2 Å². The highest BCUT2D eigenvalue weighted by Crippen LogP contribution is 2.38. The molecule has 110 valence electrons. The fourth-order valence-electron chi connectivity index (χ4n) is 1.98. The molecule has 0 radical (unpaired) electrons.